The van der Waals surface area contributed by atoms with E-state index in [1.165, 1.54) is 6.07 Å². The zero-order chi connectivity index (χ0) is 23.0. The van der Waals surface area contributed by atoms with Crippen LogP contribution in [-0.4, -0.2) is 31.2 Å². The van der Waals surface area contributed by atoms with Crippen molar-refractivity contribution in [1.82, 2.24) is 4.98 Å². The maximum absolute atomic E-state index is 13.2. The monoisotopic (exact) mass is 442 g/mol. The number of nitrogens with zero attached hydrogens (tertiary/aromatic N) is 3. The number of fused-ring (bicyclic) bond motifs is 1. The minimum absolute atomic E-state index is 0.366. The highest BCUT2D eigenvalue weighted by Gasteiger charge is 2.35. The van der Waals surface area contributed by atoms with Gasteiger partial charge in [0.2, 0.25) is 0 Å². The number of hydrogen-bond donors (Lipinski definition) is 1. The van der Waals surface area contributed by atoms with Gasteiger partial charge in [-0.3, -0.25) is 5.32 Å². The molecule has 1 aliphatic heterocycles. The topological polar surface area (TPSA) is 62.6 Å². The molecule has 1 aromatic carbocycles. The summed E-state index contributed by atoms with van der Waals surface area (Å²) in [5.41, 5.74) is 2.67. The summed E-state index contributed by atoms with van der Waals surface area (Å²) in [5.74, 6) is 0.956. The molecule has 0 bridgehead atoms. The fraction of sp³-hybridized carbons (Fsp3) is 0.261. The Bertz CT molecular complexity index is 1160. The number of urea groups is 1. The summed E-state index contributed by atoms with van der Waals surface area (Å²) < 4.78 is 39.5. The van der Waals surface area contributed by atoms with Crippen LogP contribution in [0.2, 0.25) is 0 Å². The first kappa shape index (κ1) is 21.6. The number of hydrogen-bond acceptors (Lipinski definition) is 3. The molecule has 4 rings (SSSR count). The number of likely N-dealkylation sites (N-methyl/N-ethyl adjacent to an activating group) is 1. The SMILES string of the molecule is Cc1cc(C)nc(NC(=O)N2CCN(C)c3ccc(-c4cccc(C(F)(F)F)c4)[nH+]c32)c1. The van der Waals surface area contributed by atoms with E-state index in [9.17, 15) is 18.0 Å². The number of halogens is 3. The van der Waals surface area contributed by atoms with Gasteiger partial charge in [0.1, 0.15) is 23.7 Å². The number of alkyl halides is 3. The van der Waals surface area contributed by atoms with Crippen molar-refractivity contribution >= 4 is 23.4 Å². The highest BCUT2D eigenvalue weighted by molar-refractivity contribution is 6.02. The first-order chi connectivity index (χ1) is 15.1. The molecule has 0 saturated carbocycles. The number of nitrogens with one attached hydrogen (secondary N) is 2. The number of aromatic nitrogens is 2. The first-order valence-electron chi connectivity index (χ1n) is 10.1. The number of anilines is 3. The van der Waals surface area contributed by atoms with Gasteiger partial charge in [-0.05, 0) is 55.8 Å². The molecule has 0 saturated heterocycles. The molecule has 9 heteroatoms. The van der Waals surface area contributed by atoms with Crippen LogP contribution < -0.4 is 20.1 Å². The molecule has 0 spiro atoms. The van der Waals surface area contributed by atoms with Gasteiger partial charge in [0, 0.05) is 18.3 Å². The predicted molar refractivity (Wildman–Crippen MR) is 117 cm³/mol. The van der Waals surface area contributed by atoms with E-state index in [2.05, 4.69) is 15.3 Å². The molecule has 0 fully saturated rings. The average Bonchev–Trinajstić information content (AvgIpc) is 2.72. The van der Waals surface area contributed by atoms with E-state index in [0.717, 1.165) is 29.1 Å². The second kappa shape index (κ2) is 8.14. The third kappa shape index (κ3) is 4.37. The van der Waals surface area contributed by atoms with Crippen LogP contribution in [0.25, 0.3) is 11.3 Å². The van der Waals surface area contributed by atoms with E-state index < -0.39 is 11.7 Å². The smallest absolute Gasteiger partial charge is 0.364 e. The Balaban J connectivity index is 1.69. The highest BCUT2D eigenvalue weighted by Crippen LogP contribution is 2.33. The van der Waals surface area contributed by atoms with Gasteiger partial charge in [-0.2, -0.15) is 18.1 Å². The zero-order valence-corrected chi connectivity index (χ0v) is 17.9. The molecule has 6 nitrogen and oxygen atoms in total. The zero-order valence-electron chi connectivity index (χ0n) is 17.9. The molecule has 2 aromatic heterocycles. The lowest BCUT2D eigenvalue weighted by Crippen LogP contribution is -2.47. The second-order valence-corrected chi connectivity index (χ2v) is 7.86. The van der Waals surface area contributed by atoms with Crippen LogP contribution in [0.15, 0.2) is 48.5 Å². The normalized spacial score (nSPS) is 13.7. The van der Waals surface area contributed by atoms with Crippen molar-refractivity contribution in [3.8, 4) is 11.3 Å². The number of aromatic amines is 1. The van der Waals surface area contributed by atoms with Crippen molar-refractivity contribution in [3.63, 3.8) is 0 Å². The molecule has 1 aliphatic rings. The Morgan fingerprint density at radius 2 is 1.88 bits per heavy atom. The molecule has 3 aromatic rings. The van der Waals surface area contributed by atoms with Gasteiger partial charge in [-0.15, -0.1) is 0 Å². The molecule has 0 radical (unpaired) electrons. The van der Waals surface area contributed by atoms with Crippen molar-refractivity contribution in [1.29, 1.82) is 0 Å². The Morgan fingerprint density at radius 1 is 1.09 bits per heavy atom. The van der Waals surface area contributed by atoms with Crippen LogP contribution in [0.4, 0.5) is 35.3 Å². The van der Waals surface area contributed by atoms with Crippen molar-refractivity contribution in [3.05, 3.63) is 65.4 Å². The van der Waals surface area contributed by atoms with E-state index in [1.807, 2.05) is 31.9 Å². The lowest BCUT2D eigenvalue weighted by Gasteiger charge is -2.29. The number of carbonyl (C=O) groups is 1. The Labute approximate surface area is 183 Å². The molecule has 32 heavy (non-hydrogen) atoms. The van der Waals surface area contributed by atoms with Crippen LogP contribution >= 0.6 is 0 Å². The molecular formula is C23H23F3N5O+. The number of pyridine rings is 2. The number of H-pyrrole nitrogens is 1. The predicted octanol–water partition coefficient (Wildman–Crippen LogP) is 4.69. The minimum atomic E-state index is -4.44. The maximum Gasteiger partial charge on any atom is 0.416 e. The summed E-state index contributed by atoms with van der Waals surface area (Å²) in [6, 6.07) is 11.9. The van der Waals surface area contributed by atoms with Crippen molar-refractivity contribution in [2.24, 2.45) is 0 Å². The maximum atomic E-state index is 13.2. The fourth-order valence-corrected chi connectivity index (χ4v) is 3.79. The number of amides is 2. The third-order valence-electron chi connectivity index (χ3n) is 5.32. The molecule has 2 amide bonds. The Kier molecular flexibility index (Phi) is 5.50. The van der Waals surface area contributed by atoms with Gasteiger partial charge in [-0.1, -0.05) is 12.1 Å². The van der Waals surface area contributed by atoms with Crippen LogP contribution in [-0.2, 0) is 6.18 Å². The standard InChI is InChI=1S/C23H22F3N5O/c1-14-11-15(2)27-20(12-14)29-22(32)31-10-9-30(3)19-8-7-18(28-21(19)31)16-5-4-6-17(13-16)23(24,25)26/h4-8,11-13H,9-10H2,1-3H3,(H,27,29,32)/p+1. The molecular weight excluding hydrogens is 419 g/mol. The molecule has 0 unspecified atom stereocenters. The fourth-order valence-electron chi connectivity index (χ4n) is 3.79. The number of benzene rings is 1. The summed E-state index contributed by atoms with van der Waals surface area (Å²) in [5, 5.41) is 2.83. The quantitative estimate of drug-likeness (QED) is 0.627. The van der Waals surface area contributed by atoms with E-state index >= 15 is 0 Å². The van der Waals surface area contributed by atoms with Gasteiger partial charge in [0.05, 0.1) is 12.1 Å². The number of aryl methyl sites for hydroxylation is 2. The van der Waals surface area contributed by atoms with Crippen LogP contribution in [0, 0.1) is 13.8 Å². The van der Waals surface area contributed by atoms with Crippen LogP contribution in [0.1, 0.15) is 16.8 Å². The lowest BCUT2D eigenvalue weighted by atomic mass is 10.1. The van der Waals surface area contributed by atoms with Crippen molar-refractivity contribution in [2.45, 2.75) is 20.0 Å². The lowest BCUT2D eigenvalue weighted by molar-refractivity contribution is -0.349. The van der Waals surface area contributed by atoms with Crippen LogP contribution in [0.3, 0.4) is 0 Å². The van der Waals surface area contributed by atoms with E-state index in [4.69, 9.17) is 0 Å². The summed E-state index contributed by atoms with van der Waals surface area (Å²) in [4.78, 5) is 24.1. The van der Waals surface area contributed by atoms with Crippen molar-refractivity contribution in [2.75, 3.05) is 35.3 Å². The summed E-state index contributed by atoms with van der Waals surface area (Å²) in [6.45, 7) is 4.79. The minimum Gasteiger partial charge on any atom is -0.364 e. The van der Waals surface area contributed by atoms with Crippen molar-refractivity contribution < 1.29 is 22.9 Å². The largest absolute Gasteiger partial charge is 0.416 e. The number of rotatable bonds is 2. The van der Waals surface area contributed by atoms with Gasteiger partial charge in [0.15, 0.2) is 0 Å². The van der Waals surface area contributed by atoms with E-state index in [1.54, 1.807) is 29.2 Å². The summed E-state index contributed by atoms with van der Waals surface area (Å²) in [7, 11) is 1.90. The molecule has 2 N–H and O–H groups in total. The van der Waals surface area contributed by atoms with Gasteiger partial charge in [0.25, 0.3) is 0 Å². The van der Waals surface area contributed by atoms with E-state index in [0.29, 0.717) is 36.0 Å². The molecule has 0 aliphatic carbocycles. The summed E-state index contributed by atoms with van der Waals surface area (Å²) >= 11 is 0. The van der Waals surface area contributed by atoms with Gasteiger partial charge < -0.3 is 4.90 Å². The van der Waals surface area contributed by atoms with E-state index in [-0.39, 0.29) is 6.03 Å². The third-order valence-corrected chi connectivity index (χ3v) is 5.32. The molecule has 0 atom stereocenters. The number of carbonyl (C=O) groups excluding carboxylic acids is 1. The summed E-state index contributed by atoms with van der Waals surface area (Å²) in [6.07, 6.45) is -4.44. The Hall–Kier alpha value is -3.62. The molecule has 3 heterocycles. The second-order valence-electron chi connectivity index (χ2n) is 7.86. The highest BCUT2D eigenvalue weighted by atomic mass is 19.4. The van der Waals surface area contributed by atoms with Gasteiger partial charge in [-0.25, -0.2) is 14.8 Å². The first-order valence-corrected chi connectivity index (χ1v) is 10.1. The van der Waals surface area contributed by atoms with Gasteiger partial charge >= 0.3 is 18.0 Å². The Morgan fingerprint density at radius 3 is 2.59 bits per heavy atom. The average molecular weight is 442 g/mol. The molecule has 166 valence electrons. The van der Waals surface area contributed by atoms with Crippen LogP contribution in [0.5, 0.6) is 0 Å².